The van der Waals surface area contributed by atoms with Gasteiger partial charge >= 0.3 is 0 Å². The molecule has 0 aliphatic heterocycles. The molecule has 1 rings (SSSR count). The number of ether oxygens (including phenoxy) is 1. The van der Waals surface area contributed by atoms with Crippen LogP contribution in [0.1, 0.15) is 35.3 Å². The average molecular weight is 271 g/mol. The lowest BCUT2D eigenvalue weighted by Crippen LogP contribution is -2.35. The van der Waals surface area contributed by atoms with Crippen molar-refractivity contribution in [2.45, 2.75) is 26.3 Å². The number of thiazole rings is 1. The molecule has 0 saturated carbocycles. The zero-order chi connectivity index (χ0) is 13.4. The minimum atomic E-state index is -0.0311. The van der Waals surface area contributed by atoms with Gasteiger partial charge in [0.1, 0.15) is 10.7 Å². The molecule has 1 heterocycles. The summed E-state index contributed by atoms with van der Waals surface area (Å²) in [6.07, 6.45) is 2.05. The molecular weight excluding hydrogens is 250 g/mol. The summed E-state index contributed by atoms with van der Waals surface area (Å²) in [5.41, 5.74) is 6.00. The zero-order valence-corrected chi connectivity index (χ0v) is 11.8. The zero-order valence-electron chi connectivity index (χ0n) is 11.0. The smallest absolute Gasteiger partial charge is 0.273 e. The Labute approximate surface area is 112 Å². The van der Waals surface area contributed by atoms with Crippen LogP contribution in [-0.4, -0.2) is 42.6 Å². The molecule has 1 aromatic heterocycles. The van der Waals surface area contributed by atoms with E-state index in [1.165, 1.54) is 11.3 Å². The summed E-state index contributed by atoms with van der Waals surface area (Å²) >= 11 is 1.43. The number of carbonyl (C=O) groups excluding carboxylic acids is 1. The first-order valence-electron chi connectivity index (χ1n) is 6.15. The summed E-state index contributed by atoms with van der Waals surface area (Å²) in [7, 11) is 1.64. The monoisotopic (exact) mass is 271 g/mol. The number of hydrogen-bond donors (Lipinski definition) is 1. The normalized spacial score (nSPS) is 10.6. The van der Waals surface area contributed by atoms with Crippen LogP contribution in [0.5, 0.6) is 0 Å². The van der Waals surface area contributed by atoms with Crippen LogP contribution in [0, 0.1) is 0 Å². The molecule has 6 heteroatoms. The molecule has 1 amide bonds. The van der Waals surface area contributed by atoms with Crippen molar-refractivity contribution in [1.29, 1.82) is 0 Å². The minimum Gasteiger partial charge on any atom is -0.383 e. The Hall–Kier alpha value is -0.980. The molecule has 0 atom stereocenters. The minimum absolute atomic E-state index is 0.0311. The molecule has 5 nitrogen and oxygen atoms in total. The lowest BCUT2D eigenvalue weighted by atomic mass is 10.3. The Morgan fingerprint density at radius 2 is 2.33 bits per heavy atom. The third-order valence-corrected chi connectivity index (χ3v) is 3.45. The van der Waals surface area contributed by atoms with Gasteiger partial charge in [-0.1, -0.05) is 13.3 Å². The SMILES string of the molecule is CCCCN(CCOC)C(=O)c1csc(CN)n1. The highest BCUT2D eigenvalue weighted by molar-refractivity contribution is 7.09. The van der Waals surface area contributed by atoms with E-state index in [1.54, 1.807) is 17.4 Å². The highest BCUT2D eigenvalue weighted by Gasteiger charge is 2.17. The van der Waals surface area contributed by atoms with E-state index >= 15 is 0 Å². The molecule has 2 N–H and O–H groups in total. The van der Waals surface area contributed by atoms with E-state index in [0.717, 1.165) is 24.4 Å². The Balaban J connectivity index is 2.67. The first-order chi connectivity index (χ1) is 8.72. The first kappa shape index (κ1) is 15.1. The molecule has 0 unspecified atom stereocenters. The number of carbonyl (C=O) groups is 1. The molecule has 0 fully saturated rings. The second-order valence-electron chi connectivity index (χ2n) is 3.97. The molecule has 0 radical (unpaired) electrons. The molecule has 18 heavy (non-hydrogen) atoms. The number of nitrogens with zero attached hydrogens (tertiary/aromatic N) is 2. The van der Waals surface area contributed by atoms with Crippen LogP contribution in [0.15, 0.2) is 5.38 Å². The maximum Gasteiger partial charge on any atom is 0.273 e. The second kappa shape index (κ2) is 8.18. The number of amides is 1. The van der Waals surface area contributed by atoms with E-state index in [4.69, 9.17) is 10.5 Å². The van der Waals surface area contributed by atoms with Crippen LogP contribution in [0.3, 0.4) is 0 Å². The van der Waals surface area contributed by atoms with Crippen LogP contribution in [0.25, 0.3) is 0 Å². The summed E-state index contributed by atoms with van der Waals surface area (Å²) < 4.78 is 5.03. The van der Waals surface area contributed by atoms with Crippen molar-refractivity contribution in [3.05, 3.63) is 16.1 Å². The van der Waals surface area contributed by atoms with Gasteiger partial charge in [0, 0.05) is 32.1 Å². The van der Waals surface area contributed by atoms with Crippen molar-refractivity contribution in [3.8, 4) is 0 Å². The average Bonchev–Trinajstić information content (AvgIpc) is 2.87. The Bertz CT molecular complexity index is 360. The van der Waals surface area contributed by atoms with Gasteiger partial charge in [0.2, 0.25) is 0 Å². The number of nitrogens with two attached hydrogens (primary N) is 1. The molecule has 0 aliphatic rings. The van der Waals surface area contributed by atoms with Gasteiger partial charge in [-0.05, 0) is 6.42 Å². The van der Waals surface area contributed by atoms with Crippen LogP contribution in [-0.2, 0) is 11.3 Å². The predicted octanol–water partition coefficient (Wildman–Crippen LogP) is 1.49. The fourth-order valence-electron chi connectivity index (χ4n) is 1.53. The highest BCUT2D eigenvalue weighted by atomic mass is 32.1. The Morgan fingerprint density at radius 1 is 1.56 bits per heavy atom. The standard InChI is InChI=1S/C12H21N3O2S/c1-3-4-5-15(6-7-17-2)12(16)10-9-18-11(8-13)14-10/h9H,3-8,13H2,1-2H3. The van der Waals surface area contributed by atoms with E-state index in [9.17, 15) is 4.79 Å². The van der Waals surface area contributed by atoms with Gasteiger partial charge in [-0.3, -0.25) is 4.79 Å². The van der Waals surface area contributed by atoms with Crippen molar-refractivity contribution in [2.75, 3.05) is 26.8 Å². The van der Waals surface area contributed by atoms with Gasteiger partial charge in [0.25, 0.3) is 5.91 Å². The predicted molar refractivity (Wildman–Crippen MR) is 72.7 cm³/mol. The molecule has 1 aromatic rings. The molecule has 0 bridgehead atoms. The molecule has 0 aromatic carbocycles. The van der Waals surface area contributed by atoms with Crippen molar-refractivity contribution in [3.63, 3.8) is 0 Å². The maximum atomic E-state index is 12.3. The highest BCUT2D eigenvalue weighted by Crippen LogP contribution is 2.12. The van der Waals surface area contributed by atoms with Gasteiger partial charge in [-0.2, -0.15) is 0 Å². The quantitative estimate of drug-likeness (QED) is 0.778. The third-order valence-electron chi connectivity index (χ3n) is 2.58. The van der Waals surface area contributed by atoms with Crippen molar-refractivity contribution in [2.24, 2.45) is 5.73 Å². The van der Waals surface area contributed by atoms with E-state index in [1.807, 2.05) is 0 Å². The number of methoxy groups -OCH3 is 1. The van der Waals surface area contributed by atoms with Crippen molar-refractivity contribution >= 4 is 17.2 Å². The van der Waals surface area contributed by atoms with Gasteiger partial charge in [-0.15, -0.1) is 11.3 Å². The number of unbranched alkanes of at least 4 members (excludes halogenated alkanes) is 1. The summed E-state index contributed by atoms with van der Waals surface area (Å²) in [5, 5.41) is 2.57. The van der Waals surface area contributed by atoms with Gasteiger partial charge in [-0.25, -0.2) is 4.98 Å². The van der Waals surface area contributed by atoms with E-state index in [2.05, 4.69) is 11.9 Å². The fourth-order valence-corrected chi connectivity index (χ4v) is 2.18. The van der Waals surface area contributed by atoms with Crippen molar-refractivity contribution < 1.29 is 9.53 Å². The molecular formula is C12H21N3O2S. The van der Waals surface area contributed by atoms with Crippen molar-refractivity contribution in [1.82, 2.24) is 9.88 Å². The molecule has 0 saturated heterocycles. The van der Waals surface area contributed by atoms with E-state index < -0.39 is 0 Å². The number of hydrogen-bond acceptors (Lipinski definition) is 5. The van der Waals surface area contributed by atoms with E-state index in [0.29, 0.717) is 25.4 Å². The molecule has 0 aliphatic carbocycles. The van der Waals surface area contributed by atoms with Gasteiger partial charge < -0.3 is 15.4 Å². The Kier molecular flexibility index (Phi) is 6.85. The third kappa shape index (κ3) is 4.36. The largest absolute Gasteiger partial charge is 0.383 e. The Morgan fingerprint density at radius 3 is 2.89 bits per heavy atom. The molecule has 102 valence electrons. The molecule has 0 spiro atoms. The summed E-state index contributed by atoms with van der Waals surface area (Å²) in [5.74, 6) is -0.0311. The fraction of sp³-hybridized carbons (Fsp3) is 0.667. The number of rotatable bonds is 8. The van der Waals surface area contributed by atoms with Gasteiger partial charge in [0.15, 0.2) is 0 Å². The van der Waals surface area contributed by atoms with Crippen LogP contribution >= 0.6 is 11.3 Å². The second-order valence-corrected chi connectivity index (χ2v) is 4.91. The summed E-state index contributed by atoms with van der Waals surface area (Å²) in [6, 6.07) is 0. The number of aromatic nitrogens is 1. The first-order valence-corrected chi connectivity index (χ1v) is 7.03. The van der Waals surface area contributed by atoms with Gasteiger partial charge in [0.05, 0.1) is 6.61 Å². The van der Waals surface area contributed by atoms with Crippen LogP contribution in [0.4, 0.5) is 0 Å². The topological polar surface area (TPSA) is 68.5 Å². The van der Waals surface area contributed by atoms with E-state index in [-0.39, 0.29) is 5.91 Å². The lowest BCUT2D eigenvalue weighted by molar-refractivity contribution is 0.0688. The van der Waals surface area contributed by atoms with Crippen LogP contribution < -0.4 is 5.73 Å². The van der Waals surface area contributed by atoms with Crippen LogP contribution in [0.2, 0.25) is 0 Å². The summed E-state index contributed by atoms with van der Waals surface area (Å²) in [6.45, 7) is 4.38. The lowest BCUT2D eigenvalue weighted by Gasteiger charge is -2.21. The maximum absolute atomic E-state index is 12.3. The summed E-state index contributed by atoms with van der Waals surface area (Å²) in [4.78, 5) is 18.3.